The number of amides is 1. The Morgan fingerprint density at radius 3 is 2.73 bits per heavy atom. The van der Waals surface area contributed by atoms with Gasteiger partial charge in [0.05, 0.1) is 0 Å². The monoisotopic (exact) mass is 366 g/mol. The molecular formula is C22H26N2OS. The molecule has 4 rings (SSSR count). The number of thioether (sulfide) groups is 1. The van der Waals surface area contributed by atoms with Gasteiger partial charge in [-0.2, -0.15) is 0 Å². The summed E-state index contributed by atoms with van der Waals surface area (Å²) in [4.78, 5) is 17.9. The third kappa shape index (κ3) is 3.96. The van der Waals surface area contributed by atoms with Crippen molar-refractivity contribution < 1.29 is 4.79 Å². The van der Waals surface area contributed by atoms with Crippen molar-refractivity contribution in [3.63, 3.8) is 0 Å². The molecule has 3 nitrogen and oxygen atoms in total. The van der Waals surface area contributed by atoms with Crippen molar-refractivity contribution in [2.45, 2.75) is 49.3 Å². The summed E-state index contributed by atoms with van der Waals surface area (Å²) < 4.78 is 0. The number of nitrogens with zero attached hydrogens (tertiary/aromatic N) is 1. The Morgan fingerprint density at radius 1 is 1.23 bits per heavy atom. The zero-order valence-electron chi connectivity index (χ0n) is 15.2. The maximum Gasteiger partial charge on any atom is 0.251 e. The quantitative estimate of drug-likeness (QED) is 0.737. The summed E-state index contributed by atoms with van der Waals surface area (Å²) in [7, 11) is 0. The van der Waals surface area contributed by atoms with Gasteiger partial charge >= 0.3 is 0 Å². The number of carbonyl (C=O) groups excluding carboxylic acids is 1. The SMILES string of the molecule is C[C@@H](NC(=O)c1ccc(SCc2cccnc2)cc1)[C@H]1C[C@H]2CC[C@H]1C2. The highest BCUT2D eigenvalue weighted by Crippen LogP contribution is 2.49. The average molecular weight is 367 g/mol. The van der Waals surface area contributed by atoms with Gasteiger partial charge in [0.1, 0.15) is 0 Å². The molecule has 2 aromatic rings. The van der Waals surface area contributed by atoms with Gasteiger partial charge < -0.3 is 5.32 Å². The molecule has 2 aliphatic rings. The van der Waals surface area contributed by atoms with Crippen LogP contribution in [0, 0.1) is 17.8 Å². The second-order valence-corrected chi connectivity index (χ2v) is 8.82. The Balaban J connectivity index is 1.30. The van der Waals surface area contributed by atoms with Crippen molar-refractivity contribution in [3.8, 4) is 0 Å². The Morgan fingerprint density at radius 2 is 2.08 bits per heavy atom. The molecule has 2 aliphatic carbocycles. The number of hydrogen-bond acceptors (Lipinski definition) is 3. The fourth-order valence-electron chi connectivity index (χ4n) is 4.66. The molecule has 2 bridgehead atoms. The molecule has 0 spiro atoms. The third-order valence-electron chi connectivity index (χ3n) is 6.04. The first-order valence-corrected chi connectivity index (χ1v) is 10.6. The standard InChI is InChI=1S/C22H26N2OS/c1-15(21-12-16-4-5-19(21)11-16)24-22(25)18-6-8-20(9-7-18)26-14-17-3-2-10-23-13-17/h2-3,6-10,13,15-16,19,21H,4-5,11-12,14H2,1H3,(H,24,25)/t15-,16+,19+,21-/m1/s1. The Kier molecular flexibility index (Phi) is 5.30. The third-order valence-corrected chi connectivity index (χ3v) is 7.12. The molecule has 4 heteroatoms. The van der Waals surface area contributed by atoms with Crippen LogP contribution in [0.3, 0.4) is 0 Å². The van der Waals surface area contributed by atoms with Crippen molar-refractivity contribution in [1.82, 2.24) is 10.3 Å². The minimum absolute atomic E-state index is 0.0593. The molecular weight excluding hydrogens is 340 g/mol. The first-order valence-electron chi connectivity index (χ1n) is 9.61. The number of pyridine rings is 1. The Bertz CT molecular complexity index is 746. The van der Waals surface area contributed by atoms with Gasteiger partial charge in [0.25, 0.3) is 5.91 Å². The number of carbonyl (C=O) groups is 1. The number of benzene rings is 1. The van der Waals surface area contributed by atoms with Gasteiger partial charge in [-0.05, 0) is 79.8 Å². The fourth-order valence-corrected chi connectivity index (χ4v) is 5.49. The number of aromatic nitrogens is 1. The molecule has 1 amide bonds. The van der Waals surface area contributed by atoms with Gasteiger partial charge in [0.2, 0.25) is 0 Å². The van der Waals surface area contributed by atoms with E-state index in [2.05, 4.69) is 23.3 Å². The first-order chi connectivity index (χ1) is 12.7. The fraction of sp³-hybridized carbons (Fsp3) is 0.455. The van der Waals surface area contributed by atoms with Gasteiger partial charge in [-0.25, -0.2) is 0 Å². The van der Waals surface area contributed by atoms with Crippen LogP contribution in [0.2, 0.25) is 0 Å². The van der Waals surface area contributed by atoms with E-state index < -0.39 is 0 Å². The van der Waals surface area contributed by atoms with E-state index in [-0.39, 0.29) is 11.9 Å². The van der Waals surface area contributed by atoms with E-state index in [4.69, 9.17) is 0 Å². The molecule has 0 saturated heterocycles. The lowest BCUT2D eigenvalue weighted by molar-refractivity contribution is 0.0915. The van der Waals surface area contributed by atoms with E-state index in [1.807, 2.05) is 36.5 Å². The molecule has 0 aliphatic heterocycles. The van der Waals surface area contributed by atoms with E-state index in [1.54, 1.807) is 18.0 Å². The van der Waals surface area contributed by atoms with Crippen LogP contribution in [-0.4, -0.2) is 16.9 Å². The van der Waals surface area contributed by atoms with Crippen LogP contribution in [0.4, 0.5) is 0 Å². The number of rotatable bonds is 6. The summed E-state index contributed by atoms with van der Waals surface area (Å²) in [6.07, 6.45) is 9.13. The smallest absolute Gasteiger partial charge is 0.251 e. The van der Waals surface area contributed by atoms with Gasteiger partial charge in [-0.1, -0.05) is 12.5 Å². The lowest BCUT2D eigenvalue weighted by atomic mass is 9.84. The molecule has 136 valence electrons. The lowest BCUT2D eigenvalue weighted by Crippen LogP contribution is -2.40. The van der Waals surface area contributed by atoms with Crippen LogP contribution in [0.15, 0.2) is 53.7 Å². The van der Waals surface area contributed by atoms with Crippen molar-refractivity contribution in [1.29, 1.82) is 0 Å². The number of nitrogens with one attached hydrogen (secondary N) is 1. The molecule has 1 N–H and O–H groups in total. The van der Waals surface area contributed by atoms with E-state index in [9.17, 15) is 4.79 Å². The highest BCUT2D eigenvalue weighted by atomic mass is 32.2. The van der Waals surface area contributed by atoms with Gasteiger partial charge in [-0.3, -0.25) is 9.78 Å². The predicted octanol–water partition coefficient (Wildman–Crippen LogP) is 4.93. The minimum Gasteiger partial charge on any atom is -0.349 e. The van der Waals surface area contributed by atoms with Crippen molar-refractivity contribution in [3.05, 3.63) is 59.9 Å². The summed E-state index contributed by atoms with van der Waals surface area (Å²) in [6, 6.07) is 12.3. The Labute approximate surface area is 160 Å². The summed E-state index contributed by atoms with van der Waals surface area (Å²) in [5, 5.41) is 3.25. The van der Waals surface area contributed by atoms with Crippen molar-refractivity contribution in [2.75, 3.05) is 0 Å². The molecule has 4 atom stereocenters. The molecule has 1 aromatic heterocycles. The molecule has 1 aromatic carbocycles. The molecule has 0 radical (unpaired) electrons. The van der Waals surface area contributed by atoms with Crippen LogP contribution in [0.1, 0.15) is 48.5 Å². The van der Waals surface area contributed by atoms with E-state index in [0.29, 0.717) is 5.92 Å². The highest BCUT2D eigenvalue weighted by molar-refractivity contribution is 7.98. The summed E-state index contributed by atoms with van der Waals surface area (Å²) >= 11 is 1.76. The summed E-state index contributed by atoms with van der Waals surface area (Å²) in [5.74, 6) is 3.37. The van der Waals surface area contributed by atoms with Crippen LogP contribution < -0.4 is 5.32 Å². The zero-order valence-corrected chi connectivity index (χ0v) is 16.0. The minimum atomic E-state index is 0.0593. The van der Waals surface area contributed by atoms with Gasteiger partial charge in [0.15, 0.2) is 0 Å². The van der Waals surface area contributed by atoms with Gasteiger partial charge in [-0.15, -0.1) is 11.8 Å². The van der Waals surface area contributed by atoms with Crippen LogP contribution in [0.5, 0.6) is 0 Å². The predicted molar refractivity (Wildman–Crippen MR) is 106 cm³/mol. The van der Waals surface area contributed by atoms with Crippen molar-refractivity contribution >= 4 is 17.7 Å². The zero-order chi connectivity index (χ0) is 17.9. The topological polar surface area (TPSA) is 42.0 Å². The maximum absolute atomic E-state index is 12.6. The second-order valence-electron chi connectivity index (χ2n) is 7.78. The normalized spacial score (nSPS) is 25.2. The number of fused-ring (bicyclic) bond motifs is 2. The van der Waals surface area contributed by atoms with Crippen LogP contribution >= 0.6 is 11.8 Å². The molecule has 1 heterocycles. The van der Waals surface area contributed by atoms with E-state index in [1.165, 1.54) is 36.1 Å². The van der Waals surface area contributed by atoms with E-state index in [0.717, 1.165) is 23.2 Å². The largest absolute Gasteiger partial charge is 0.349 e. The van der Waals surface area contributed by atoms with Crippen molar-refractivity contribution in [2.24, 2.45) is 17.8 Å². The van der Waals surface area contributed by atoms with Crippen LogP contribution in [-0.2, 0) is 5.75 Å². The number of hydrogen-bond donors (Lipinski definition) is 1. The summed E-state index contributed by atoms with van der Waals surface area (Å²) in [5.41, 5.74) is 1.96. The maximum atomic E-state index is 12.6. The molecule has 0 unspecified atom stereocenters. The summed E-state index contributed by atoms with van der Waals surface area (Å²) in [6.45, 7) is 2.18. The Hall–Kier alpha value is -1.81. The van der Waals surface area contributed by atoms with Crippen LogP contribution in [0.25, 0.3) is 0 Å². The first kappa shape index (κ1) is 17.6. The molecule has 26 heavy (non-hydrogen) atoms. The molecule has 2 fully saturated rings. The lowest BCUT2D eigenvalue weighted by Gasteiger charge is -2.28. The average Bonchev–Trinajstić information content (AvgIpc) is 3.31. The second kappa shape index (κ2) is 7.83. The highest BCUT2D eigenvalue weighted by Gasteiger charge is 2.42. The van der Waals surface area contributed by atoms with E-state index >= 15 is 0 Å². The molecule has 2 saturated carbocycles. The van der Waals surface area contributed by atoms with Gasteiger partial charge in [0, 0.05) is 34.6 Å².